The van der Waals surface area contributed by atoms with Crippen LogP contribution in [0.3, 0.4) is 0 Å². The van der Waals surface area contributed by atoms with Crippen LogP contribution in [-0.2, 0) is 5.75 Å². The van der Waals surface area contributed by atoms with Gasteiger partial charge in [0.15, 0.2) is 5.82 Å². The molecule has 0 bridgehead atoms. The van der Waals surface area contributed by atoms with Gasteiger partial charge in [0.25, 0.3) is 0 Å². The molecule has 0 atom stereocenters. The fraction of sp³-hybridized carbons (Fsp3) is 0.192. The Morgan fingerprint density at radius 2 is 1.62 bits per heavy atom. The van der Waals surface area contributed by atoms with E-state index in [0.29, 0.717) is 0 Å². The first-order valence-corrected chi connectivity index (χ1v) is 11.8. The second-order valence-corrected chi connectivity index (χ2v) is 8.22. The minimum Gasteiger partial charge on any atom is -0.494 e. The van der Waals surface area contributed by atoms with E-state index in [4.69, 9.17) is 9.84 Å². The van der Waals surface area contributed by atoms with Gasteiger partial charge in [0.1, 0.15) is 5.75 Å². The number of unbranched alkanes of at least 4 members (excludes halogenated alkanes) is 1. The van der Waals surface area contributed by atoms with Crippen LogP contribution in [0.1, 0.15) is 30.9 Å². The van der Waals surface area contributed by atoms with Crippen molar-refractivity contribution in [3.63, 3.8) is 0 Å². The molecule has 0 N–H and O–H groups in total. The SMILES string of the molecule is CCCCOc1ccc(C=Nn2c(SCc3ccccc3)nnc2-c2ccccc2)cc1. The highest BCUT2D eigenvalue weighted by atomic mass is 32.2. The number of hydrogen-bond acceptors (Lipinski definition) is 5. The maximum absolute atomic E-state index is 5.75. The van der Waals surface area contributed by atoms with Gasteiger partial charge in [-0.15, -0.1) is 10.2 Å². The lowest BCUT2D eigenvalue weighted by atomic mass is 10.2. The Kier molecular flexibility index (Phi) is 7.71. The smallest absolute Gasteiger partial charge is 0.212 e. The van der Waals surface area contributed by atoms with Gasteiger partial charge in [-0.2, -0.15) is 9.78 Å². The third-order valence-corrected chi connectivity index (χ3v) is 5.81. The molecule has 0 amide bonds. The molecule has 0 aliphatic carbocycles. The normalized spacial score (nSPS) is 11.2. The highest BCUT2D eigenvalue weighted by Crippen LogP contribution is 2.26. The van der Waals surface area contributed by atoms with Gasteiger partial charge in [-0.05, 0) is 41.8 Å². The van der Waals surface area contributed by atoms with Crippen molar-refractivity contribution >= 4 is 18.0 Å². The number of benzene rings is 3. The largest absolute Gasteiger partial charge is 0.494 e. The van der Waals surface area contributed by atoms with Gasteiger partial charge in [-0.3, -0.25) is 0 Å². The molecule has 0 fully saturated rings. The molecule has 3 aromatic carbocycles. The van der Waals surface area contributed by atoms with E-state index in [1.165, 1.54) is 5.56 Å². The molecular weight excluding hydrogens is 416 g/mol. The Balaban J connectivity index is 1.55. The molecule has 0 unspecified atom stereocenters. The van der Waals surface area contributed by atoms with E-state index in [9.17, 15) is 0 Å². The topological polar surface area (TPSA) is 52.3 Å². The summed E-state index contributed by atoms with van der Waals surface area (Å²) >= 11 is 1.62. The van der Waals surface area contributed by atoms with Gasteiger partial charge >= 0.3 is 0 Å². The summed E-state index contributed by atoms with van der Waals surface area (Å²) in [6, 6.07) is 28.3. The monoisotopic (exact) mass is 442 g/mol. The number of nitrogens with zero attached hydrogens (tertiary/aromatic N) is 4. The molecule has 162 valence electrons. The van der Waals surface area contributed by atoms with Crippen molar-refractivity contribution in [1.29, 1.82) is 0 Å². The minimum absolute atomic E-state index is 0.719. The summed E-state index contributed by atoms with van der Waals surface area (Å²) in [6.07, 6.45) is 4.01. The van der Waals surface area contributed by atoms with E-state index in [2.05, 4.69) is 29.3 Å². The zero-order valence-electron chi connectivity index (χ0n) is 18.1. The van der Waals surface area contributed by atoms with Gasteiger partial charge < -0.3 is 4.74 Å². The highest BCUT2D eigenvalue weighted by molar-refractivity contribution is 7.98. The average molecular weight is 443 g/mol. The van der Waals surface area contributed by atoms with Gasteiger partial charge in [-0.1, -0.05) is 85.8 Å². The van der Waals surface area contributed by atoms with E-state index in [1.807, 2.05) is 83.7 Å². The Labute approximate surface area is 193 Å². The molecule has 32 heavy (non-hydrogen) atoms. The summed E-state index contributed by atoms with van der Waals surface area (Å²) in [5, 5.41) is 14.3. The van der Waals surface area contributed by atoms with Crippen LogP contribution in [0.4, 0.5) is 0 Å². The highest BCUT2D eigenvalue weighted by Gasteiger charge is 2.14. The molecule has 1 aromatic heterocycles. The van der Waals surface area contributed by atoms with Crippen LogP contribution in [-0.4, -0.2) is 27.7 Å². The van der Waals surface area contributed by atoms with E-state index in [1.54, 1.807) is 11.8 Å². The lowest BCUT2D eigenvalue weighted by molar-refractivity contribution is 0.309. The van der Waals surface area contributed by atoms with Crippen molar-refractivity contribution in [3.8, 4) is 17.1 Å². The van der Waals surface area contributed by atoms with Crippen LogP contribution < -0.4 is 4.74 Å². The lowest BCUT2D eigenvalue weighted by Gasteiger charge is -2.06. The minimum atomic E-state index is 0.719. The Hall–Kier alpha value is -3.38. The maximum atomic E-state index is 5.75. The second kappa shape index (κ2) is 11.3. The van der Waals surface area contributed by atoms with Gasteiger partial charge in [0.05, 0.1) is 12.8 Å². The zero-order valence-corrected chi connectivity index (χ0v) is 18.9. The predicted octanol–water partition coefficient (Wildman–Crippen LogP) is 6.30. The van der Waals surface area contributed by atoms with Crippen molar-refractivity contribution in [3.05, 3.63) is 96.1 Å². The molecule has 0 saturated heterocycles. The molecule has 4 aromatic rings. The molecule has 0 aliphatic heterocycles. The summed E-state index contributed by atoms with van der Waals surface area (Å²) < 4.78 is 7.56. The molecule has 5 nitrogen and oxygen atoms in total. The third-order valence-electron chi connectivity index (χ3n) is 4.82. The molecule has 1 heterocycles. The van der Waals surface area contributed by atoms with Crippen LogP contribution in [0.5, 0.6) is 5.75 Å². The van der Waals surface area contributed by atoms with Crippen LogP contribution >= 0.6 is 11.8 Å². The van der Waals surface area contributed by atoms with Crippen molar-refractivity contribution in [2.75, 3.05) is 6.61 Å². The molecule has 6 heteroatoms. The maximum Gasteiger partial charge on any atom is 0.212 e. The number of rotatable bonds is 10. The number of aromatic nitrogens is 3. The molecule has 0 saturated carbocycles. The predicted molar refractivity (Wildman–Crippen MR) is 131 cm³/mol. The second-order valence-electron chi connectivity index (χ2n) is 7.27. The standard InChI is InChI=1S/C26H26N4OS/c1-2-3-18-31-24-16-14-21(15-17-24)19-27-30-25(23-12-8-5-9-13-23)28-29-26(30)32-20-22-10-6-4-7-11-22/h4-17,19H,2-3,18,20H2,1H3. The Morgan fingerprint density at radius 1 is 0.906 bits per heavy atom. The lowest BCUT2D eigenvalue weighted by Crippen LogP contribution is -1.98. The summed E-state index contributed by atoms with van der Waals surface area (Å²) in [4.78, 5) is 0. The summed E-state index contributed by atoms with van der Waals surface area (Å²) in [5.74, 6) is 2.40. The first-order chi connectivity index (χ1) is 15.8. The van der Waals surface area contributed by atoms with E-state index < -0.39 is 0 Å². The van der Waals surface area contributed by atoms with Crippen molar-refractivity contribution < 1.29 is 4.74 Å². The Morgan fingerprint density at radius 3 is 2.34 bits per heavy atom. The number of ether oxygens (including phenoxy) is 1. The van der Waals surface area contributed by atoms with Gasteiger partial charge in [0, 0.05) is 11.3 Å². The fourth-order valence-corrected chi connectivity index (χ4v) is 3.90. The van der Waals surface area contributed by atoms with E-state index in [0.717, 1.165) is 53.1 Å². The number of hydrogen-bond donors (Lipinski definition) is 0. The van der Waals surface area contributed by atoms with Gasteiger partial charge in [-0.25, -0.2) is 0 Å². The first-order valence-electron chi connectivity index (χ1n) is 10.8. The molecule has 0 spiro atoms. The van der Waals surface area contributed by atoms with E-state index in [-0.39, 0.29) is 0 Å². The van der Waals surface area contributed by atoms with E-state index >= 15 is 0 Å². The molecule has 0 radical (unpaired) electrons. The van der Waals surface area contributed by atoms with Crippen LogP contribution in [0, 0.1) is 0 Å². The molecule has 4 rings (SSSR count). The summed E-state index contributed by atoms with van der Waals surface area (Å²) in [5.41, 5.74) is 3.19. The van der Waals surface area contributed by atoms with Crippen molar-refractivity contribution in [2.45, 2.75) is 30.7 Å². The van der Waals surface area contributed by atoms with Crippen LogP contribution in [0.2, 0.25) is 0 Å². The number of thioether (sulfide) groups is 1. The average Bonchev–Trinajstić information content (AvgIpc) is 3.26. The first kappa shape index (κ1) is 21.8. The third kappa shape index (κ3) is 5.86. The summed E-state index contributed by atoms with van der Waals surface area (Å²) in [7, 11) is 0. The fourth-order valence-electron chi connectivity index (χ4n) is 3.06. The Bertz CT molecular complexity index is 1130. The summed E-state index contributed by atoms with van der Waals surface area (Å²) in [6.45, 7) is 2.90. The van der Waals surface area contributed by atoms with Crippen molar-refractivity contribution in [1.82, 2.24) is 14.9 Å². The quantitative estimate of drug-likeness (QED) is 0.164. The van der Waals surface area contributed by atoms with Crippen LogP contribution in [0.15, 0.2) is 95.2 Å². The zero-order chi connectivity index (χ0) is 22.0. The molecular formula is C26H26N4OS. The van der Waals surface area contributed by atoms with Crippen molar-refractivity contribution in [2.24, 2.45) is 5.10 Å². The van der Waals surface area contributed by atoms with Crippen LogP contribution in [0.25, 0.3) is 11.4 Å². The molecule has 0 aliphatic rings. The van der Waals surface area contributed by atoms with Gasteiger partial charge in [0.2, 0.25) is 5.16 Å².